The molecule has 21 heavy (non-hydrogen) atoms. The number of hydrogen-bond acceptors (Lipinski definition) is 4. The van der Waals surface area contributed by atoms with Gasteiger partial charge < -0.3 is 9.47 Å². The third-order valence-electron chi connectivity index (χ3n) is 3.10. The zero-order chi connectivity index (χ0) is 14.7. The van der Waals surface area contributed by atoms with Crippen molar-refractivity contribution in [2.24, 2.45) is 0 Å². The quantitative estimate of drug-likeness (QED) is 0.681. The zero-order valence-corrected chi connectivity index (χ0v) is 11.4. The Morgan fingerprint density at radius 3 is 2.52 bits per heavy atom. The van der Waals surface area contributed by atoms with Gasteiger partial charge in [0.05, 0.1) is 18.2 Å². The second-order valence-electron chi connectivity index (χ2n) is 4.47. The Labute approximate surface area is 122 Å². The summed E-state index contributed by atoms with van der Waals surface area (Å²) < 4.78 is 10.9. The monoisotopic (exact) mass is 279 g/mol. The van der Waals surface area contributed by atoms with E-state index in [0.717, 1.165) is 22.9 Å². The maximum absolute atomic E-state index is 11.3. The van der Waals surface area contributed by atoms with Crippen LogP contribution in [0.5, 0.6) is 17.4 Å². The summed E-state index contributed by atoms with van der Waals surface area (Å²) in [6, 6.07) is 16.5. The minimum atomic E-state index is 0.300. The Morgan fingerprint density at radius 1 is 1.00 bits per heavy atom. The van der Waals surface area contributed by atoms with Crippen molar-refractivity contribution >= 4 is 17.2 Å². The maximum atomic E-state index is 11.3. The Bertz CT molecular complexity index is 785. The molecule has 0 aliphatic heterocycles. The van der Waals surface area contributed by atoms with E-state index in [-0.39, 0.29) is 0 Å². The lowest BCUT2D eigenvalue weighted by molar-refractivity contribution is 0.112. The number of ether oxygens (including phenoxy) is 2. The first kappa shape index (κ1) is 13.1. The summed E-state index contributed by atoms with van der Waals surface area (Å²) in [5.41, 5.74) is 1.15. The molecule has 0 saturated heterocycles. The van der Waals surface area contributed by atoms with Crippen molar-refractivity contribution in [1.29, 1.82) is 0 Å². The largest absolute Gasteiger partial charge is 0.497 e. The summed E-state index contributed by atoms with van der Waals surface area (Å²) in [7, 11) is 1.60. The van der Waals surface area contributed by atoms with Crippen LogP contribution in [0.4, 0.5) is 0 Å². The molecular formula is C17H13NO3. The third kappa shape index (κ3) is 2.69. The Hall–Kier alpha value is -2.88. The van der Waals surface area contributed by atoms with E-state index in [0.29, 0.717) is 17.2 Å². The van der Waals surface area contributed by atoms with Crippen LogP contribution in [0.25, 0.3) is 10.9 Å². The molecule has 4 nitrogen and oxygen atoms in total. The van der Waals surface area contributed by atoms with Gasteiger partial charge in [-0.05, 0) is 36.4 Å². The normalized spacial score (nSPS) is 10.3. The first-order valence-electron chi connectivity index (χ1n) is 6.47. The molecule has 1 aromatic heterocycles. The second-order valence-corrected chi connectivity index (χ2v) is 4.47. The van der Waals surface area contributed by atoms with Gasteiger partial charge in [0.2, 0.25) is 5.88 Å². The molecule has 2 aromatic carbocycles. The van der Waals surface area contributed by atoms with E-state index in [1.54, 1.807) is 13.2 Å². The number of carbonyl (C=O) groups excluding carboxylic acids is 1. The number of carbonyl (C=O) groups is 1. The number of para-hydroxylation sites is 1. The van der Waals surface area contributed by atoms with Crippen molar-refractivity contribution < 1.29 is 14.3 Å². The summed E-state index contributed by atoms with van der Waals surface area (Å²) in [5.74, 6) is 1.66. The predicted molar refractivity (Wildman–Crippen MR) is 80.2 cm³/mol. The average molecular weight is 279 g/mol. The highest BCUT2D eigenvalue weighted by molar-refractivity contribution is 5.89. The van der Waals surface area contributed by atoms with E-state index in [1.807, 2.05) is 48.5 Å². The SMILES string of the molecule is COc1ccc2nc(Oc3ccccc3)c(C=O)cc2c1. The number of nitrogens with zero attached hydrogens (tertiary/aromatic N) is 1. The molecule has 0 radical (unpaired) electrons. The molecular weight excluding hydrogens is 266 g/mol. The number of fused-ring (bicyclic) bond motifs is 1. The fraction of sp³-hybridized carbons (Fsp3) is 0.0588. The van der Waals surface area contributed by atoms with E-state index in [9.17, 15) is 4.79 Å². The standard InChI is InChI=1S/C17H13NO3/c1-20-15-7-8-16-12(10-15)9-13(11-19)17(18-16)21-14-5-3-2-4-6-14/h2-11H,1H3. The van der Waals surface area contributed by atoms with E-state index in [2.05, 4.69) is 4.98 Å². The summed E-state index contributed by atoms with van der Waals surface area (Å²) >= 11 is 0. The topological polar surface area (TPSA) is 48.4 Å². The molecule has 0 amide bonds. The highest BCUT2D eigenvalue weighted by Crippen LogP contribution is 2.27. The lowest BCUT2D eigenvalue weighted by Gasteiger charge is -2.09. The average Bonchev–Trinajstić information content (AvgIpc) is 2.54. The number of rotatable bonds is 4. The molecule has 0 aliphatic carbocycles. The zero-order valence-electron chi connectivity index (χ0n) is 11.4. The van der Waals surface area contributed by atoms with Crippen LogP contribution < -0.4 is 9.47 Å². The Kier molecular flexibility index (Phi) is 3.51. The molecule has 0 unspecified atom stereocenters. The molecule has 0 atom stereocenters. The van der Waals surface area contributed by atoms with E-state index >= 15 is 0 Å². The van der Waals surface area contributed by atoms with Gasteiger partial charge in [-0.15, -0.1) is 0 Å². The van der Waals surface area contributed by atoms with Gasteiger partial charge in [0, 0.05) is 5.39 Å². The van der Waals surface area contributed by atoms with Crippen molar-refractivity contribution in [3.05, 3.63) is 60.2 Å². The summed E-state index contributed by atoms with van der Waals surface area (Å²) in [4.78, 5) is 15.7. The van der Waals surface area contributed by atoms with Crippen LogP contribution in [0.2, 0.25) is 0 Å². The van der Waals surface area contributed by atoms with Crippen molar-refractivity contribution in [3.63, 3.8) is 0 Å². The van der Waals surface area contributed by atoms with Crippen molar-refractivity contribution in [1.82, 2.24) is 4.98 Å². The fourth-order valence-corrected chi connectivity index (χ4v) is 2.05. The highest BCUT2D eigenvalue weighted by atomic mass is 16.5. The van der Waals surface area contributed by atoms with Gasteiger partial charge in [0.15, 0.2) is 6.29 Å². The van der Waals surface area contributed by atoms with Crippen molar-refractivity contribution in [3.8, 4) is 17.4 Å². The lowest BCUT2D eigenvalue weighted by Crippen LogP contribution is -1.95. The molecule has 0 spiro atoms. The van der Waals surface area contributed by atoms with E-state index in [1.165, 1.54) is 0 Å². The number of aromatic nitrogens is 1. The molecule has 3 rings (SSSR count). The first-order valence-corrected chi connectivity index (χ1v) is 6.47. The smallest absolute Gasteiger partial charge is 0.230 e. The summed E-state index contributed by atoms with van der Waals surface area (Å²) in [5, 5.41) is 0.830. The molecule has 0 N–H and O–H groups in total. The minimum absolute atomic E-state index is 0.300. The van der Waals surface area contributed by atoms with E-state index < -0.39 is 0 Å². The number of aldehydes is 1. The van der Waals surface area contributed by atoms with Gasteiger partial charge in [0.1, 0.15) is 11.5 Å². The number of hydrogen-bond donors (Lipinski definition) is 0. The number of pyridine rings is 1. The van der Waals surface area contributed by atoms with Gasteiger partial charge in [0.25, 0.3) is 0 Å². The van der Waals surface area contributed by atoms with Gasteiger partial charge in [-0.1, -0.05) is 18.2 Å². The highest BCUT2D eigenvalue weighted by Gasteiger charge is 2.09. The van der Waals surface area contributed by atoms with Crippen molar-refractivity contribution in [2.45, 2.75) is 0 Å². The maximum Gasteiger partial charge on any atom is 0.230 e. The van der Waals surface area contributed by atoms with Gasteiger partial charge in [-0.3, -0.25) is 4.79 Å². The van der Waals surface area contributed by atoms with Crippen LogP contribution in [-0.2, 0) is 0 Å². The second kappa shape index (κ2) is 5.63. The van der Waals surface area contributed by atoms with Crippen LogP contribution in [-0.4, -0.2) is 18.4 Å². The summed E-state index contributed by atoms with van der Waals surface area (Å²) in [6.45, 7) is 0. The molecule has 1 heterocycles. The first-order chi connectivity index (χ1) is 10.3. The molecule has 0 fully saturated rings. The van der Waals surface area contributed by atoms with Crippen LogP contribution in [0.1, 0.15) is 10.4 Å². The molecule has 104 valence electrons. The van der Waals surface area contributed by atoms with Crippen molar-refractivity contribution in [2.75, 3.05) is 7.11 Å². The van der Waals surface area contributed by atoms with E-state index in [4.69, 9.17) is 9.47 Å². The van der Waals surface area contributed by atoms with Crippen LogP contribution >= 0.6 is 0 Å². The Morgan fingerprint density at radius 2 is 1.81 bits per heavy atom. The van der Waals surface area contributed by atoms with Gasteiger partial charge in [-0.2, -0.15) is 0 Å². The predicted octanol–water partition coefficient (Wildman–Crippen LogP) is 3.85. The summed E-state index contributed by atoms with van der Waals surface area (Å²) in [6.07, 6.45) is 0.740. The Balaban J connectivity index is 2.07. The molecule has 0 bridgehead atoms. The van der Waals surface area contributed by atoms with Gasteiger partial charge >= 0.3 is 0 Å². The lowest BCUT2D eigenvalue weighted by atomic mass is 10.1. The van der Waals surface area contributed by atoms with Crippen LogP contribution in [0.15, 0.2) is 54.6 Å². The van der Waals surface area contributed by atoms with Crippen LogP contribution in [0, 0.1) is 0 Å². The van der Waals surface area contributed by atoms with Gasteiger partial charge in [-0.25, -0.2) is 4.98 Å². The minimum Gasteiger partial charge on any atom is -0.497 e. The third-order valence-corrected chi connectivity index (χ3v) is 3.10. The molecule has 3 aromatic rings. The van der Waals surface area contributed by atoms with Crippen LogP contribution in [0.3, 0.4) is 0 Å². The fourth-order valence-electron chi connectivity index (χ4n) is 2.05. The molecule has 4 heteroatoms. The molecule has 0 aliphatic rings. The number of methoxy groups -OCH3 is 1. The molecule has 0 saturated carbocycles. The number of benzene rings is 2.